The second-order valence-corrected chi connectivity index (χ2v) is 6.05. The molecule has 0 bridgehead atoms. The fourth-order valence-electron chi connectivity index (χ4n) is 2.29. The Morgan fingerprint density at radius 1 is 1.28 bits per heavy atom. The van der Waals surface area contributed by atoms with E-state index < -0.39 is 0 Å². The van der Waals surface area contributed by atoms with Crippen LogP contribution in [0.3, 0.4) is 0 Å². The lowest BCUT2D eigenvalue weighted by atomic mass is 9.82. The summed E-state index contributed by atoms with van der Waals surface area (Å²) in [5.74, 6) is 1.43. The molecule has 18 heavy (non-hydrogen) atoms. The molecular weight excluding hydrogens is 224 g/mol. The highest BCUT2D eigenvalue weighted by molar-refractivity contribution is 5.39. The fourth-order valence-corrected chi connectivity index (χ4v) is 2.29. The van der Waals surface area contributed by atoms with E-state index in [1.807, 2.05) is 0 Å². The number of hydrogen-bond donors (Lipinski definition) is 1. The van der Waals surface area contributed by atoms with Crippen LogP contribution < -0.4 is 4.74 Å². The molecule has 0 saturated heterocycles. The molecule has 1 aromatic carbocycles. The van der Waals surface area contributed by atoms with Gasteiger partial charge in [0, 0.05) is 6.61 Å². The Labute approximate surface area is 111 Å². The second-order valence-electron chi connectivity index (χ2n) is 6.05. The molecule has 2 heteroatoms. The molecule has 0 aliphatic carbocycles. The summed E-state index contributed by atoms with van der Waals surface area (Å²) in [5.41, 5.74) is 2.71. The van der Waals surface area contributed by atoms with Gasteiger partial charge in [0.15, 0.2) is 0 Å². The highest BCUT2D eigenvalue weighted by Gasteiger charge is 2.19. The van der Waals surface area contributed by atoms with E-state index in [0.29, 0.717) is 5.92 Å². The third-order valence-electron chi connectivity index (χ3n) is 3.39. The van der Waals surface area contributed by atoms with Gasteiger partial charge in [0.2, 0.25) is 0 Å². The lowest BCUT2D eigenvalue weighted by Crippen LogP contribution is -2.17. The Morgan fingerprint density at radius 2 is 1.94 bits per heavy atom. The Kier molecular flexibility index (Phi) is 5.21. The van der Waals surface area contributed by atoms with Crippen LogP contribution in [0.4, 0.5) is 0 Å². The average molecular weight is 250 g/mol. The molecule has 0 aromatic heterocycles. The van der Waals surface area contributed by atoms with Crippen LogP contribution in [0.5, 0.6) is 5.75 Å². The minimum atomic E-state index is 0.136. The van der Waals surface area contributed by atoms with Crippen LogP contribution >= 0.6 is 0 Å². The SMILES string of the molecule is COc1ccc(CC(C)(C)CCO)cc1C(C)C. The molecule has 0 atom stereocenters. The quantitative estimate of drug-likeness (QED) is 0.832. The van der Waals surface area contributed by atoms with E-state index in [2.05, 4.69) is 45.9 Å². The molecule has 1 N–H and O–H groups in total. The largest absolute Gasteiger partial charge is 0.496 e. The zero-order valence-corrected chi connectivity index (χ0v) is 12.3. The van der Waals surface area contributed by atoms with Crippen LogP contribution in [0.2, 0.25) is 0 Å². The molecular formula is C16H26O2. The van der Waals surface area contributed by atoms with Gasteiger partial charge < -0.3 is 9.84 Å². The molecule has 0 spiro atoms. The van der Waals surface area contributed by atoms with Crippen molar-refractivity contribution < 1.29 is 9.84 Å². The van der Waals surface area contributed by atoms with E-state index in [9.17, 15) is 0 Å². The number of benzene rings is 1. The monoisotopic (exact) mass is 250 g/mol. The topological polar surface area (TPSA) is 29.5 Å². The zero-order valence-electron chi connectivity index (χ0n) is 12.3. The van der Waals surface area contributed by atoms with Crippen molar-refractivity contribution in [3.63, 3.8) is 0 Å². The van der Waals surface area contributed by atoms with Crippen LogP contribution in [-0.2, 0) is 6.42 Å². The van der Waals surface area contributed by atoms with Crippen LogP contribution in [0.25, 0.3) is 0 Å². The number of hydrogen-bond acceptors (Lipinski definition) is 2. The maximum Gasteiger partial charge on any atom is 0.122 e. The third kappa shape index (κ3) is 4.02. The molecule has 0 saturated carbocycles. The van der Waals surface area contributed by atoms with Gasteiger partial charge in [-0.3, -0.25) is 0 Å². The van der Waals surface area contributed by atoms with Crippen LogP contribution in [-0.4, -0.2) is 18.8 Å². The maximum atomic E-state index is 9.08. The molecule has 0 amide bonds. The Morgan fingerprint density at radius 3 is 2.44 bits per heavy atom. The van der Waals surface area contributed by atoms with E-state index >= 15 is 0 Å². The Hall–Kier alpha value is -1.02. The summed E-state index contributed by atoms with van der Waals surface area (Å²) < 4.78 is 5.40. The summed E-state index contributed by atoms with van der Waals surface area (Å²) in [6, 6.07) is 6.42. The molecule has 0 unspecified atom stereocenters. The zero-order chi connectivity index (χ0) is 13.8. The summed E-state index contributed by atoms with van der Waals surface area (Å²) in [6.07, 6.45) is 1.81. The normalized spacial score (nSPS) is 11.9. The van der Waals surface area contributed by atoms with Gasteiger partial charge >= 0.3 is 0 Å². The van der Waals surface area contributed by atoms with E-state index in [1.54, 1.807) is 7.11 Å². The van der Waals surface area contributed by atoms with Gasteiger partial charge in [0.05, 0.1) is 7.11 Å². The molecule has 1 rings (SSSR count). The van der Waals surface area contributed by atoms with Gasteiger partial charge in [-0.25, -0.2) is 0 Å². The van der Waals surface area contributed by atoms with Gasteiger partial charge in [-0.2, -0.15) is 0 Å². The molecule has 0 aliphatic heterocycles. The van der Waals surface area contributed by atoms with E-state index in [4.69, 9.17) is 9.84 Å². The Bertz CT molecular complexity index is 381. The van der Waals surface area contributed by atoms with Crippen molar-refractivity contribution in [2.24, 2.45) is 5.41 Å². The third-order valence-corrected chi connectivity index (χ3v) is 3.39. The van der Waals surface area contributed by atoms with Crippen molar-refractivity contribution in [3.05, 3.63) is 29.3 Å². The van der Waals surface area contributed by atoms with Crippen molar-refractivity contribution >= 4 is 0 Å². The van der Waals surface area contributed by atoms with Crippen molar-refractivity contribution in [2.45, 2.75) is 46.5 Å². The standard InChI is InChI=1S/C16H26O2/c1-12(2)14-10-13(6-7-15(14)18-5)11-16(3,4)8-9-17/h6-7,10,12,17H,8-9,11H2,1-5H3. The first-order valence-corrected chi connectivity index (χ1v) is 6.67. The first-order valence-electron chi connectivity index (χ1n) is 6.67. The summed E-state index contributed by atoms with van der Waals surface area (Å²) >= 11 is 0. The first-order chi connectivity index (χ1) is 8.39. The molecule has 1 aromatic rings. The lowest BCUT2D eigenvalue weighted by Gasteiger charge is -2.24. The number of methoxy groups -OCH3 is 1. The molecule has 0 radical (unpaired) electrons. The van der Waals surface area contributed by atoms with E-state index in [-0.39, 0.29) is 12.0 Å². The minimum Gasteiger partial charge on any atom is -0.496 e. The molecule has 2 nitrogen and oxygen atoms in total. The summed E-state index contributed by atoms with van der Waals surface area (Å²) in [7, 11) is 1.72. The molecule has 0 aliphatic rings. The highest BCUT2D eigenvalue weighted by atomic mass is 16.5. The fraction of sp³-hybridized carbons (Fsp3) is 0.625. The average Bonchev–Trinajstić information content (AvgIpc) is 2.28. The minimum absolute atomic E-state index is 0.136. The predicted octanol–water partition coefficient (Wildman–Crippen LogP) is 3.77. The maximum absolute atomic E-state index is 9.08. The van der Waals surface area contributed by atoms with E-state index in [0.717, 1.165) is 18.6 Å². The predicted molar refractivity (Wildman–Crippen MR) is 76.3 cm³/mol. The van der Waals surface area contributed by atoms with Gasteiger partial charge in [0.25, 0.3) is 0 Å². The van der Waals surface area contributed by atoms with Crippen molar-refractivity contribution in [1.29, 1.82) is 0 Å². The smallest absolute Gasteiger partial charge is 0.122 e. The van der Waals surface area contributed by atoms with Gasteiger partial charge in [-0.1, -0.05) is 39.8 Å². The van der Waals surface area contributed by atoms with Crippen molar-refractivity contribution in [1.82, 2.24) is 0 Å². The second kappa shape index (κ2) is 6.24. The van der Waals surface area contributed by atoms with Crippen LogP contribution in [0.1, 0.15) is 51.2 Å². The van der Waals surface area contributed by atoms with Gasteiger partial charge in [-0.05, 0) is 41.4 Å². The van der Waals surface area contributed by atoms with E-state index in [1.165, 1.54) is 11.1 Å². The molecule has 0 fully saturated rings. The number of rotatable bonds is 6. The number of ether oxygens (including phenoxy) is 1. The number of aliphatic hydroxyl groups is 1. The summed E-state index contributed by atoms with van der Waals surface area (Å²) in [5, 5.41) is 9.08. The first kappa shape index (κ1) is 15.0. The molecule has 102 valence electrons. The van der Waals surface area contributed by atoms with Gasteiger partial charge in [0.1, 0.15) is 5.75 Å². The van der Waals surface area contributed by atoms with Crippen LogP contribution in [0, 0.1) is 5.41 Å². The van der Waals surface area contributed by atoms with Gasteiger partial charge in [-0.15, -0.1) is 0 Å². The van der Waals surface area contributed by atoms with Crippen LogP contribution in [0.15, 0.2) is 18.2 Å². The summed E-state index contributed by atoms with van der Waals surface area (Å²) in [6.45, 7) is 9.01. The Balaban J connectivity index is 2.95. The highest BCUT2D eigenvalue weighted by Crippen LogP contribution is 2.31. The molecule has 0 heterocycles. The number of aliphatic hydroxyl groups excluding tert-OH is 1. The summed E-state index contributed by atoms with van der Waals surface area (Å²) in [4.78, 5) is 0. The van der Waals surface area contributed by atoms with Crippen molar-refractivity contribution in [3.8, 4) is 5.75 Å². The van der Waals surface area contributed by atoms with Crippen molar-refractivity contribution in [2.75, 3.05) is 13.7 Å². The lowest BCUT2D eigenvalue weighted by molar-refractivity contribution is 0.211.